The minimum Gasteiger partial charge on any atom is -0.477 e. The van der Waals surface area contributed by atoms with Crippen LogP contribution < -0.4 is 5.56 Å². The summed E-state index contributed by atoms with van der Waals surface area (Å²) in [6.45, 7) is 0. The minimum absolute atomic E-state index is 0.239. The number of nitrogens with zero attached hydrogens (tertiary/aromatic N) is 3. The number of carboxylic acid groups (broad SMARTS) is 1. The molecule has 0 aliphatic carbocycles. The van der Waals surface area contributed by atoms with E-state index < -0.39 is 11.5 Å². The number of hydrogen-bond donors (Lipinski definition) is 1. The van der Waals surface area contributed by atoms with Gasteiger partial charge in [0.15, 0.2) is 5.69 Å². The second-order valence-electron chi connectivity index (χ2n) is 2.86. The molecule has 0 amide bonds. The maximum atomic E-state index is 11.4. The zero-order chi connectivity index (χ0) is 10.3. The van der Waals surface area contributed by atoms with E-state index in [0.717, 1.165) is 6.07 Å². The summed E-state index contributed by atoms with van der Waals surface area (Å²) in [5.41, 5.74) is -0.634. The quantitative estimate of drug-likeness (QED) is 0.676. The fourth-order valence-corrected chi connectivity index (χ4v) is 1.21. The molecule has 0 radical (unpaired) electrons. The van der Waals surface area contributed by atoms with Crippen LogP contribution in [0.1, 0.15) is 10.5 Å². The maximum Gasteiger partial charge on any atom is 0.354 e. The van der Waals surface area contributed by atoms with Gasteiger partial charge in [-0.05, 0) is 0 Å². The van der Waals surface area contributed by atoms with Crippen LogP contribution in [0.2, 0.25) is 0 Å². The van der Waals surface area contributed by atoms with Crippen LogP contribution in [0.25, 0.3) is 5.78 Å². The average molecular weight is 193 g/mol. The van der Waals surface area contributed by atoms with Crippen molar-refractivity contribution in [3.63, 3.8) is 0 Å². The molecule has 0 fully saturated rings. The Morgan fingerprint density at radius 1 is 1.50 bits per heavy atom. The van der Waals surface area contributed by atoms with Crippen molar-refractivity contribution in [3.05, 3.63) is 34.5 Å². The van der Waals surface area contributed by atoms with E-state index in [1.54, 1.807) is 17.8 Å². The Balaban J connectivity index is 2.89. The van der Waals surface area contributed by atoms with Crippen LogP contribution in [-0.4, -0.2) is 25.0 Å². The second-order valence-corrected chi connectivity index (χ2v) is 2.86. The first-order valence-electron chi connectivity index (χ1n) is 3.87. The highest BCUT2D eigenvalue weighted by atomic mass is 16.4. The highest BCUT2D eigenvalue weighted by Gasteiger charge is 2.09. The van der Waals surface area contributed by atoms with Crippen LogP contribution in [0, 0.1) is 0 Å². The summed E-state index contributed by atoms with van der Waals surface area (Å²) >= 11 is 0. The lowest BCUT2D eigenvalue weighted by molar-refractivity contribution is 0.0690. The zero-order valence-electron chi connectivity index (χ0n) is 7.34. The second kappa shape index (κ2) is 2.69. The number of carbonyl (C=O) groups is 1. The normalized spacial score (nSPS) is 10.6. The molecule has 2 aromatic rings. The fraction of sp³-hybridized carbons (Fsp3) is 0.125. The van der Waals surface area contributed by atoms with E-state index in [-0.39, 0.29) is 5.69 Å². The van der Waals surface area contributed by atoms with E-state index in [4.69, 9.17) is 5.11 Å². The number of hydrogen-bond acceptors (Lipinski definition) is 3. The molecule has 0 unspecified atom stereocenters. The first-order chi connectivity index (χ1) is 6.59. The lowest BCUT2D eigenvalue weighted by Gasteiger charge is -1.97. The van der Waals surface area contributed by atoms with Crippen LogP contribution in [0.3, 0.4) is 0 Å². The minimum atomic E-state index is -1.20. The van der Waals surface area contributed by atoms with E-state index in [1.165, 1.54) is 10.6 Å². The van der Waals surface area contributed by atoms with Gasteiger partial charge in [-0.3, -0.25) is 9.20 Å². The number of aromatic nitrogens is 3. The Hall–Kier alpha value is -2.11. The Bertz CT molecular complexity index is 567. The fourth-order valence-electron chi connectivity index (χ4n) is 1.21. The van der Waals surface area contributed by atoms with Crippen LogP contribution in [0.5, 0.6) is 0 Å². The van der Waals surface area contributed by atoms with Gasteiger partial charge in [0, 0.05) is 25.5 Å². The molecule has 72 valence electrons. The summed E-state index contributed by atoms with van der Waals surface area (Å²) in [5, 5.41) is 8.68. The van der Waals surface area contributed by atoms with Crippen LogP contribution in [0.15, 0.2) is 23.3 Å². The Labute approximate surface area is 78.0 Å². The van der Waals surface area contributed by atoms with Crippen molar-refractivity contribution < 1.29 is 9.90 Å². The molecule has 0 saturated heterocycles. The Morgan fingerprint density at radius 3 is 2.86 bits per heavy atom. The van der Waals surface area contributed by atoms with Gasteiger partial charge in [-0.25, -0.2) is 9.78 Å². The van der Waals surface area contributed by atoms with E-state index >= 15 is 0 Å². The number of fused-ring (bicyclic) bond motifs is 1. The Morgan fingerprint density at radius 2 is 2.21 bits per heavy atom. The monoisotopic (exact) mass is 193 g/mol. The topological polar surface area (TPSA) is 76.6 Å². The number of carboxylic acids is 1. The van der Waals surface area contributed by atoms with Gasteiger partial charge in [-0.1, -0.05) is 0 Å². The molecule has 0 atom stereocenters. The van der Waals surface area contributed by atoms with Crippen LogP contribution >= 0.6 is 0 Å². The molecule has 0 spiro atoms. The molecule has 0 aliphatic rings. The van der Waals surface area contributed by atoms with Gasteiger partial charge in [0.25, 0.3) is 5.56 Å². The average Bonchev–Trinajstić information content (AvgIpc) is 2.48. The molecule has 0 aliphatic heterocycles. The van der Waals surface area contributed by atoms with Crippen molar-refractivity contribution in [1.82, 2.24) is 14.0 Å². The van der Waals surface area contributed by atoms with Crippen molar-refractivity contribution in [2.45, 2.75) is 0 Å². The highest BCUT2D eigenvalue weighted by molar-refractivity contribution is 5.85. The Kier molecular flexibility index (Phi) is 1.63. The van der Waals surface area contributed by atoms with Crippen molar-refractivity contribution in [2.24, 2.45) is 7.05 Å². The summed E-state index contributed by atoms with van der Waals surface area (Å²) in [5.74, 6) is -0.888. The van der Waals surface area contributed by atoms with E-state index in [0.29, 0.717) is 5.78 Å². The van der Waals surface area contributed by atoms with Gasteiger partial charge in [0.1, 0.15) is 0 Å². The third-order valence-electron chi connectivity index (χ3n) is 1.91. The van der Waals surface area contributed by atoms with Gasteiger partial charge in [-0.2, -0.15) is 0 Å². The van der Waals surface area contributed by atoms with E-state index in [2.05, 4.69) is 4.98 Å². The standard InChI is InChI=1S/C8H7N3O3/c1-10-2-3-11-6(12)4-5(7(13)14)9-8(10)11/h2-4H,1H3,(H,13,14). The number of rotatable bonds is 1. The lowest BCUT2D eigenvalue weighted by Crippen LogP contribution is -2.17. The van der Waals surface area contributed by atoms with Gasteiger partial charge >= 0.3 is 5.97 Å². The molecule has 0 aromatic carbocycles. The van der Waals surface area contributed by atoms with Crippen LogP contribution in [0.4, 0.5) is 0 Å². The number of imidazole rings is 1. The van der Waals surface area contributed by atoms with Crippen molar-refractivity contribution >= 4 is 11.7 Å². The first kappa shape index (κ1) is 8.49. The van der Waals surface area contributed by atoms with Crippen molar-refractivity contribution in [1.29, 1.82) is 0 Å². The molecule has 1 N–H and O–H groups in total. The zero-order valence-corrected chi connectivity index (χ0v) is 7.34. The summed E-state index contributed by atoms with van der Waals surface area (Å²) in [7, 11) is 1.69. The van der Waals surface area contributed by atoms with Crippen molar-refractivity contribution in [3.8, 4) is 0 Å². The SMILES string of the molecule is Cn1ccn2c(=O)cc(C(=O)O)nc12. The molecule has 2 rings (SSSR count). The largest absolute Gasteiger partial charge is 0.477 e. The predicted octanol–water partition coefficient (Wildman–Crippen LogP) is -0.269. The molecular formula is C8H7N3O3. The molecule has 0 saturated carbocycles. The first-order valence-corrected chi connectivity index (χ1v) is 3.87. The highest BCUT2D eigenvalue weighted by Crippen LogP contribution is 1.98. The third kappa shape index (κ3) is 1.08. The molecule has 2 aromatic heterocycles. The third-order valence-corrected chi connectivity index (χ3v) is 1.91. The molecule has 14 heavy (non-hydrogen) atoms. The number of aryl methyl sites for hydroxylation is 1. The molecule has 6 heteroatoms. The van der Waals surface area contributed by atoms with Gasteiger partial charge in [-0.15, -0.1) is 0 Å². The molecule has 0 bridgehead atoms. The summed E-state index contributed by atoms with van der Waals surface area (Å²) in [6.07, 6.45) is 3.17. The van der Waals surface area contributed by atoms with Gasteiger partial charge < -0.3 is 9.67 Å². The summed E-state index contributed by atoms with van der Waals surface area (Å²) in [6, 6.07) is 0.995. The van der Waals surface area contributed by atoms with Crippen LogP contribution in [-0.2, 0) is 7.05 Å². The molecule has 2 heterocycles. The predicted molar refractivity (Wildman–Crippen MR) is 47.4 cm³/mol. The lowest BCUT2D eigenvalue weighted by atomic mass is 10.4. The molecule has 6 nitrogen and oxygen atoms in total. The number of aromatic carboxylic acids is 1. The molecular weight excluding hydrogens is 186 g/mol. The maximum absolute atomic E-state index is 11.4. The van der Waals surface area contributed by atoms with Gasteiger partial charge in [0.2, 0.25) is 5.78 Å². The van der Waals surface area contributed by atoms with Crippen molar-refractivity contribution in [2.75, 3.05) is 0 Å². The van der Waals surface area contributed by atoms with E-state index in [9.17, 15) is 9.59 Å². The summed E-state index contributed by atoms with van der Waals surface area (Å²) < 4.78 is 2.86. The summed E-state index contributed by atoms with van der Waals surface area (Å²) in [4.78, 5) is 25.8. The van der Waals surface area contributed by atoms with Gasteiger partial charge in [0.05, 0.1) is 0 Å². The van der Waals surface area contributed by atoms with E-state index in [1.807, 2.05) is 0 Å². The smallest absolute Gasteiger partial charge is 0.354 e.